The number of sulfonamides is 1. The number of benzene rings is 1. The summed E-state index contributed by atoms with van der Waals surface area (Å²) < 4.78 is 28.0. The molecule has 1 aromatic rings. The third-order valence-electron chi connectivity index (χ3n) is 3.50. The van der Waals surface area contributed by atoms with E-state index in [4.69, 9.17) is 0 Å². The first-order valence-electron chi connectivity index (χ1n) is 6.21. The normalized spacial score (nSPS) is 18.1. The zero-order chi connectivity index (χ0) is 15.0. The van der Waals surface area contributed by atoms with Gasteiger partial charge in [0.25, 0.3) is 5.69 Å². The van der Waals surface area contributed by atoms with Gasteiger partial charge >= 0.3 is 0 Å². The molecular weight excluding hydrogens is 348 g/mol. The van der Waals surface area contributed by atoms with E-state index in [2.05, 4.69) is 20.7 Å². The van der Waals surface area contributed by atoms with Gasteiger partial charge in [-0.3, -0.25) is 10.1 Å². The van der Waals surface area contributed by atoms with Crippen molar-refractivity contribution in [1.82, 2.24) is 4.72 Å². The Morgan fingerprint density at radius 3 is 2.50 bits per heavy atom. The van der Waals surface area contributed by atoms with Gasteiger partial charge in [-0.2, -0.15) is 0 Å². The van der Waals surface area contributed by atoms with Gasteiger partial charge in [0.1, 0.15) is 0 Å². The van der Waals surface area contributed by atoms with E-state index >= 15 is 0 Å². The maximum atomic E-state index is 12.4. The highest BCUT2D eigenvalue weighted by molar-refractivity contribution is 9.10. The minimum absolute atomic E-state index is 0.301. The Kier molecular flexibility index (Phi) is 4.17. The van der Waals surface area contributed by atoms with Crippen LogP contribution in [0.5, 0.6) is 0 Å². The molecule has 0 amide bonds. The largest absolute Gasteiger partial charge is 0.289 e. The van der Waals surface area contributed by atoms with Crippen LogP contribution in [-0.2, 0) is 10.0 Å². The van der Waals surface area contributed by atoms with Crippen molar-refractivity contribution >= 4 is 31.6 Å². The van der Waals surface area contributed by atoms with Crippen LogP contribution in [0.15, 0.2) is 27.6 Å². The first kappa shape index (κ1) is 15.4. The molecule has 1 saturated carbocycles. The van der Waals surface area contributed by atoms with E-state index in [1.807, 2.05) is 6.92 Å². The summed E-state index contributed by atoms with van der Waals surface area (Å²) in [6, 6.07) is 3.91. The van der Waals surface area contributed by atoms with Crippen molar-refractivity contribution in [2.45, 2.75) is 43.0 Å². The number of nitro groups is 1. The van der Waals surface area contributed by atoms with Crippen LogP contribution in [0.2, 0.25) is 0 Å². The van der Waals surface area contributed by atoms with Crippen LogP contribution in [0.4, 0.5) is 5.69 Å². The highest BCUT2D eigenvalue weighted by Crippen LogP contribution is 2.33. The highest BCUT2D eigenvalue weighted by atomic mass is 79.9. The number of rotatable bonds is 4. The number of hydrogen-bond acceptors (Lipinski definition) is 4. The van der Waals surface area contributed by atoms with Crippen LogP contribution in [0.1, 0.15) is 32.6 Å². The molecule has 0 radical (unpaired) electrons. The zero-order valence-electron chi connectivity index (χ0n) is 10.9. The number of nitrogens with one attached hydrogen (secondary N) is 1. The monoisotopic (exact) mass is 362 g/mol. The van der Waals surface area contributed by atoms with E-state index in [1.165, 1.54) is 18.2 Å². The van der Waals surface area contributed by atoms with Gasteiger partial charge in [-0.25, -0.2) is 13.1 Å². The van der Waals surface area contributed by atoms with Crippen LogP contribution < -0.4 is 4.72 Å². The van der Waals surface area contributed by atoms with E-state index in [0.717, 1.165) is 25.7 Å². The van der Waals surface area contributed by atoms with E-state index in [1.54, 1.807) is 0 Å². The summed E-state index contributed by atoms with van der Waals surface area (Å²) in [4.78, 5) is 10.0. The number of nitro benzene ring substituents is 1. The summed E-state index contributed by atoms with van der Waals surface area (Å²) in [6.45, 7) is 1.83. The number of hydrogen-bond donors (Lipinski definition) is 1. The predicted molar refractivity (Wildman–Crippen MR) is 78.0 cm³/mol. The molecule has 0 bridgehead atoms. The second-order valence-electron chi connectivity index (χ2n) is 5.24. The Morgan fingerprint density at radius 1 is 1.35 bits per heavy atom. The second kappa shape index (κ2) is 5.42. The zero-order valence-corrected chi connectivity index (χ0v) is 13.3. The van der Waals surface area contributed by atoms with Gasteiger partial charge in [0.2, 0.25) is 10.0 Å². The molecule has 1 aliphatic carbocycles. The van der Waals surface area contributed by atoms with Crippen molar-refractivity contribution in [2.75, 3.05) is 0 Å². The first-order valence-corrected chi connectivity index (χ1v) is 8.49. The van der Waals surface area contributed by atoms with Crippen LogP contribution >= 0.6 is 15.9 Å². The fourth-order valence-electron chi connectivity index (χ4n) is 2.49. The van der Waals surface area contributed by atoms with Crippen molar-refractivity contribution in [1.29, 1.82) is 0 Å². The lowest BCUT2D eigenvalue weighted by molar-refractivity contribution is -0.387. The minimum Gasteiger partial charge on any atom is -0.258 e. The van der Waals surface area contributed by atoms with Gasteiger partial charge in [-0.1, -0.05) is 28.8 Å². The van der Waals surface area contributed by atoms with Gasteiger partial charge in [-0.05, 0) is 31.9 Å². The van der Waals surface area contributed by atoms with E-state index in [9.17, 15) is 18.5 Å². The molecule has 1 fully saturated rings. The maximum absolute atomic E-state index is 12.4. The molecule has 0 saturated heterocycles. The molecule has 1 aromatic carbocycles. The summed E-state index contributed by atoms with van der Waals surface area (Å²) in [6.07, 6.45) is 3.40. The highest BCUT2D eigenvalue weighted by Gasteiger charge is 2.36. The second-order valence-corrected chi connectivity index (χ2v) is 7.81. The van der Waals surface area contributed by atoms with Crippen LogP contribution in [0.3, 0.4) is 0 Å². The Morgan fingerprint density at radius 2 is 1.95 bits per heavy atom. The molecular formula is C12H15BrN2O4S. The first-order chi connectivity index (χ1) is 9.23. The van der Waals surface area contributed by atoms with Gasteiger partial charge in [0.15, 0.2) is 4.90 Å². The van der Waals surface area contributed by atoms with Crippen LogP contribution in [0.25, 0.3) is 0 Å². The minimum atomic E-state index is -3.92. The Balaban J connectivity index is 2.43. The molecule has 20 heavy (non-hydrogen) atoms. The third-order valence-corrected chi connectivity index (χ3v) is 5.66. The molecule has 0 spiro atoms. The van der Waals surface area contributed by atoms with Crippen molar-refractivity contribution in [2.24, 2.45) is 0 Å². The summed E-state index contributed by atoms with van der Waals surface area (Å²) >= 11 is 3.15. The molecule has 0 unspecified atom stereocenters. The molecule has 0 heterocycles. The molecule has 1 N–H and O–H groups in total. The van der Waals surface area contributed by atoms with Gasteiger partial charge in [-0.15, -0.1) is 0 Å². The van der Waals surface area contributed by atoms with E-state index in [0.29, 0.717) is 4.47 Å². The van der Waals surface area contributed by atoms with Crippen molar-refractivity contribution in [3.63, 3.8) is 0 Å². The SMILES string of the molecule is CC1(NS(=O)(=O)c2cc(Br)ccc2[N+](=O)[O-])CCCC1. The van der Waals surface area contributed by atoms with E-state index in [-0.39, 0.29) is 4.90 Å². The Labute approximate surface area is 125 Å². The quantitative estimate of drug-likeness (QED) is 0.658. The lowest BCUT2D eigenvalue weighted by Crippen LogP contribution is -2.43. The standard InChI is InChI=1S/C12H15BrN2O4S/c1-12(6-2-3-7-12)14-20(18,19)11-8-9(13)4-5-10(11)15(16)17/h4-5,8,14H,2-3,6-7H2,1H3. The third kappa shape index (κ3) is 3.18. The number of halogens is 1. The molecule has 2 rings (SSSR count). The fourth-order valence-corrected chi connectivity index (χ4v) is 4.67. The topological polar surface area (TPSA) is 89.3 Å². The summed E-state index contributed by atoms with van der Waals surface area (Å²) in [5.74, 6) is 0. The summed E-state index contributed by atoms with van der Waals surface area (Å²) in [7, 11) is -3.92. The molecule has 0 aliphatic heterocycles. The van der Waals surface area contributed by atoms with Crippen molar-refractivity contribution in [3.05, 3.63) is 32.8 Å². The Bertz CT molecular complexity index is 639. The van der Waals surface area contributed by atoms with Crippen LogP contribution in [-0.4, -0.2) is 18.9 Å². The maximum Gasteiger partial charge on any atom is 0.289 e. The lowest BCUT2D eigenvalue weighted by Gasteiger charge is -2.24. The van der Waals surface area contributed by atoms with Gasteiger partial charge < -0.3 is 0 Å². The molecule has 110 valence electrons. The molecule has 0 aromatic heterocycles. The van der Waals surface area contributed by atoms with E-state index < -0.39 is 26.2 Å². The summed E-state index contributed by atoms with van der Waals surface area (Å²) in [5, 5.41) is 11.0. The van der Waals surface area contributed by atoms with Crippen molar-refractivity contribution < 1.29 is 13.3 Å². The van der Waals surface area contributed by atoms with Crippen molar-refractivity contribution in [3.8, 4) is 0 Å². The van der Waals surface area contributed by atoms with Crippen LogP contribution in [0, 0.1) is 10.1 Å². The molecule has 0 atom stereocenters. The smallest absolute Gasteiger partial charge is 0.258 e. The molecule has 6 nitrogen and oxygen atoms in total. The lowest BCUT2D eigenvalue weighted by atomic mass is 10.0. The predicted octanol–water partition coefficient (Wildman–Crippen LogP) is 2.97. The Hall–Kier alpha value is -0.990. The summed E-state index contributed by atoms with van der Waals surface area (Å²) in [5.41, 5.74) is -0.933. The fraction of sp³-hybridized carbons (Fsp3) is 0.500. The van der Waals surface area contributed by atoms with Gasteiger partial charge in [0.05, 0.1) is 4.92 Å². The molecule has 8 heteroatoms. The average Bonchev–Trinajstić information content (AvgIpc) is 2.74. The number of nitrogens with zero attached hydrogens (tertiary/aromatic N) is 1. The average molecular weight is 363 g/mol. The van der Waals surface area contributed by atoms with Gasteiger partial charge in [0, 0.05) is 16.1 Å². The molecule has 1 aliphatic rings.